The van der Waals surface area contributed by atoms with Crippen molar-refractivity contribution in [2.24, 2.45) is 5.92 Å². The van der Waals surface area contributed by atoms with E-state index in [0.29, 0.717) is 43.7 Å². The van der Waals surface area contributed by atoms with Gasteiger partial charge in [0.2, 0.25) is 0 Å². The van der Waals surface area contributed by atoms with Gasteiger partial charge in [-0.15, -0.1) is 0 Å². The first kappa shape index (κ1) is 17.2. The molecule has 0 amide bonds. The molecule has 0 saturated carbocycles. The predicted octanol–water partition coefficient (Wildman–Crippen LogP) is 3.47. The average Bonchev–Trinajstić information content (AvgIpc) is 2.44. The number of benzene rings is 1. The number of nitro benzene ring substituents is 1. The lowest BCUT2D eigenvalue weighted by Gasteiger charge is -2.11. The zero-order chi connectivity index (χ0) is 15.7. The number of hydrogen-bond acceptors (Lipinski definition) is 5. The van der Waals surface area contributed by atoms with Crippen LogP contribution < -0.4 is 10.1 Å². The summed E-state index contributed by atoms with van der Waals surface area (Å²) in [6.45, 7) is 8.28. The molecule has 118 valence electrons. The fourth-order valence-electron chi connectivity index (χ4n) is 1.76. The second-order valence-corrected chi connectivity index (χ2v) is 5.15. The number of nitrogens with one attached hydrogen (secondary N) is 1. The van der Waals surface area contributed by atoms with E-state index in [2.05, 4.69) is 19.2 Å². The summed E-state index contributed by atoms with van der Waals surface area (Å²) in [7, 11) is 0. The van der Waals surface area contributed by atoms with Crippen molar-refractivity contribution in [2.75, 3.05) is 31.7 Å². The van der Waals surface area contributed by atoms with Crippen molar-refractivity contribution in [2.45, 2.75) is 27.2 Å². The van der Waals surface area contributed by atoms with Crippen molar-refractivity contribution in [3.63, 3.8) is 0 Å². The molecule has 0 aliphatic rings. The van der Waals surface area contributed by atoms with Crippen LogP contribution in [0.25, 0.3) is 0 Å². The maximum absolute atomic E-state index is 11.2. The molecule has 0 unspecified atom stereocenters. The Bertz CT molecular complexity index is 449. The van der Waals surface area contributed by atoms with Gasteiger partial charge in [-0.3, -0.25) is 10.1 Å². The number of nitrogens with zero attached hydrogens (tertiary/aromatic N) is 1. The molecule has 1 aromatic carbocycles. The van der Waals surface area contributed by atoms with E-state index >= 15 is 0 Å². The van der Waals surface area contributed by atoms with Crippen LogP contribution in [0.15, 0.2) is 18.2 Å². The van der Waals surface area contributed by atoms with Gasteiger partial charge in [0, 0.05) is 13.2 Å². The van der Waals surface area contributed by atoms with Crippen LogP contribution in [0, 0.1) is 16.0 Å². The normalized spacial score (nSPS) is 10.7. The van der Waals surface area contributed by atoms with Crippen molar-refractivity contribution in [1.82, 2.24) is 0 Å². The lowest BCUT2D eigenvalue weighted by atomic mass is 10.2. The van der Waals surface area contributed by atoms with Gasteiger partial charge in [-0.05, 0) is 24.5 Å². The second-order valence-electron chi connectivity index (χ2n) is 5.15. The molecule has 0 aliphatic carbocycles. The molecule has 0 atom stereocenters. The summed E-state index contributed by atoms with van der Waals surface area (Å²) in [5, 5.41) is 14.3. The highest BCUT2D eigenvalue weighted by molar-refractivity contribution is 5.68. The molecular weight excluding hydrogens is 272 g/mol. The Kier molecular flexibility index (Phi) is 7.53. The number of hydrogen-bond donors (Lipinski definition) is 1. The standard InChI is InChI=1S/C15H24N2O4/c1-4-9-21-14-7-5-6-13(15(14)17(18)19)16-8-10-20-11-12(2)3/h5-7,12,16H,4,8-11H2,1-3H3. The number of nitro groups is 1. The van der Waals surface area contributed by atoms with Gasteiger partial charge in [-0.1, -0.05) is 26.8 Å². The molecule has 0 saturated heterocycles. The average molecular weight is 296 g/mol. The maximum atomic E-state index is 11.2. The van der Waals surface area contributed by atoms with Crippen LogP contribution in [0.4, 0.5) is 11.4 Å². The summed E-state index contributed by atoms with van der Waals surface area (Å²) < 4.78 is 10.9. The summed E-state index contributed by atoms with van der Waals surface area (Å²) in [4.78, 5) is 10.8. The molecule has 1 aromatic rings. The number of anilines is 1. The molecule has 21 heavy (non-hydrogen) atoms. The van der Waals surface area contributed by atoms with Crippen LogP contribution >= 0.6 is 0 Å². The lowest BCUT2D eigenvalue weighted by molar-refractivity contribution is -0.385. The van der Waals surface area contributed by atoms with Crippen molar-refractivity contribution < 1.29 is 14.4 Å². The fourth-order valence-corrected chi connectivity index (χ4v) is 1.76. The van der Waals surface area contributed by atoms with Gasteiger partial charge in [0.05, 0.1) is 18.1 Å². The Labute approximate surface area is 125 Å². The van der Waals surface area contributed by atoms with E-state index in [1.165, 1.54) is 0 Å². The summed E-state index contributed by atoms with van der Waals surface area (Å²) in [5.41, 5.74) is 0.441. The van der Waals surface area contributed by atoms with Crippen molar-refractivity contribution in [3.05, 3.63) is 28.3 Å². The molecule has 6 heteroatoms. The first-order valence-electron chi connectivity index (χ1n) is 7.28. The number of ether oxygens (including phenoxy) is 2. The van der Waals surface area contributed by atoms with Crippen LogP contribution in [-0.4, -0.2) is 31.3 Å². The number of rotatable bonds is 10. The first-order chi connectivity index (χ1) is 10.1. The zero-order valence-corrected chi connectivity index (χ0v) is 12.9. The van der Waals surface area contributed by atoms with E-state index in [1.54, 1.807) is 18.2 Å². The van der Waals surface area contributed by atoms with E-state index in [0.717, 1.165) is 6.42 Å². The van der Waals surface area contributed by atoms with Crippen molar-refractivity contribution in [1.29, 1.82) is 0 Å². The molecular formula is C15H24N2O4. The third-order valence-corrected chi connectivity index (χ3v) is 2.66. The molecule has 6 nitrogen and oxygen atoms in total. The molecule has 0 spiro atoms. The van der Waals surface area contributed by atoms with Crippen LogP contribution in [0.1, 0.15) is 27.2 Å². The van der Waals surface area contributed by atoms with E-state index in [1.807, 2.05) is 6.92 Å². The Balaban J connectivity index is 2.65. The fraction of sp³-hybridized carbons (Fsp3) is 0.600. The highest BCUT2D eigenvalue weighted by atomic mass is 16.6. The Morgan fingerprint density at radius 3 is 2.71 bits per heavy atom. The molecule has 0 radical (unpaired) electrons. The van der Waals surface area contributed by atoms with Crippen LogP contribution in [0.5, 0.6) is 5.75 Å². The largest absolute Gasteiger partial charge is 0.487 e. The van der Waals surface area contributed by atoms with Gasteiger partial charge in [-0.2, -0.15) is 0 Å². The number of para-hydroxylation sites is 1. The molecule has 0 heterocycles. The molecule has 0 aromatic heterocycles. The first-order valence-corrected chi connectivity index (χ1v) is 7.28. The van der Waals surface area contributed by atoms with Gasteiger partial charge in [0.15, 0.2) is 5.75 Å². The molecule has 0 fully saturated rings. The predicted molar refractivity (Wildman–Crippen MR) is 83.0 cm³/mol. The maximum Gasteiger partial charge on any atom is 0.333 e. The smallest absolute Gasteiger partial charge is 0.333 e. The summed E-state index contributed by atoms with van der Waals surface area (Å²) in [5.74, 6) is 0.778. The molecule has 1 N–H and O–H groups in total. The zero-order valence-electron chi connectivity index (χ0n) is 12.9. The quantitative estimate of drug-likeness (QED) is 0.406. The topological polar surface area (TPSA) is 73.6 Å². The summed E-state index contributed by atoms with van der Waals surface area (Å²) >= 11 is 0. The van der Waals surface area contributed by atoms with Crippen LogP contribution in [-0.2, 0) is 4.74 Å². The minimum absolute atomic E-state index is 0.0187. The second kappa shape index (κ2) is 9.18. The Morgan fingerprint density at radius 1 is 1.33 bits per heavy atom. The van der Waals surface area contributed by atoms with Crippen molar-refractivity contribution in [3.8, 4) is 5.75 Å². The molecule has 1 rings (SSSR count). The van der Waals surface area contributed by atoms with E-state index in [4.69, 9.17) is 9.47 Å². The van der Waals surface area contributed by atoms with Gasteiger partial charge in [-0.25, -0.2) is 0 Å². The third-order valence-electron chi connectivity index (χ3n) is 2.66. The third kappa shape index (κ3) is 5.99. The summed E-state index contributed by atoms with van der Waals surface area (Å²) in [6.07, 6.45) is 0.803. The van der Waals surface area contributed by atoms with Gasteiger partial charge < -0.3 is 14.8 Å². The van der Waals surface area contributed by atoms with Crippen LogP contribution in [0.3, 0.4) is 0 Å². The Hall–Kier alpha value is -1.82. The molecule has 0 bridgehead atoms. The lowest BCUT2D eigenvalue weighted by Crippen LogP contribution is -2.13. The van der Waals surface area contributed by atoms with E-state index in [9.17, 15) is 10.1 Å². The molecule has 0 aliphatic heterocycles. The van der Waals surface area contributed by atoms with Gasteiger partial charge >= 0.3 is 5.69 Å². The summed E-state index contributed by atoms with van der Waals surface area (Å²) in [6, 6.07) is 5.04. The van der Waals surface area contributed by atoms with E-state index in [-0.39, 0.29) is 5.69 Å². The monoisotopic (exact) mass is 296 g/mol. The van der Waals surface area contributed by atoms with Gasteiger partial charge in [0.25, 0.3) is 0 Å². The van der Waals surface area contributed by atoms with Crippen molar-refractivity contribution >= 4 is 11.4 Å². The van der Waals surface area contributed by atoms with E-state index < -0.39 is 4.92 Å². The minimum Gasteiger partial charge on any atom is -0.487 e. The highest BCUT2D eigenvalue weighted by Crippen LogP contribution is 2.34. The van der Waals surface area contributed by atoms with Gasteiger partial charge in [0.1, 0.15) is 5.69 Å². The van der Waals surface area contributed by atoms with Crippen LogP contribution in [0.2, 0.25) is 0 Å². The highest BCUT2D eigenvalue weighted by Gasteiger charge is 2.20. The minimum atomic E-state index is -0.414. The Morgan fingerprint density at radius 2 is 2.10 bits per heavy atom. The SMILES string of the molecule is CCCOc1cccc(NCCOCC(C)C)c1[N+](=O)[O-].